The molecule has 4 bridgehead atoms. The number of aliphatic hydroxyl groups is 1. The fourth-order valence-electron chi connectivity index (χ4n) is 6.36. The molecular weight excluding hydrogens is 368 g/mol. The molecule has 2 unspecified atom stereocenters. The van der Waals surface area contributed by atoms with Gasteiger partial charge in [-0.25, -0.2) is 9.97 Å². The average molecular weight is 401 g/mol. The smallest absolute Gasteiger partial charge is 0.254 e. The zero-order valence-electron chi connectivity index (χ0n) is 17.4. The van der Waals surface area contributed by atoms with E-state index in [0.29, 0.717) is 35.9 Å². The molecule has 5 fully saturated rings. The van der Waals surface area contributed by atoms with Crippen LogP contribution >= 0.6 is 0 Å². The lowest BCUT2D eigenvalue weighted by molar-refractivity contribution is -0.136. The van der Waals surface area contributed by atoms with Gasteiger partial charge in [0.2, 0.25) is 5.95 Å². The first-order valence-electron chi connectivity index (χ1n) is 11.1. The van der Waals surface area contributed by atoms with Gasteiger partial charge in [-0.3, -0.25) is 4.79 Å². The molecule has 7 heteroatoms. The maximum Gasteiger partial charge on any atom is 0.254 e. The number of carbonyl (C=O) groups excluding carboxylic acids is 1. The van der Waals surface area contributed by atoms with E-state index in [0.717, 1.165) is 50.8 Å². The highest BCUT2D eigenvalue weighted by Gasteiger charge is 2.55. The summed E-state index contributed by atoms with van der Waals surface area (Å²) < 4.78 is 5.41. The number of ether oxygens (including phenoxy) is 1. The van der Waals surface area contributed by atoms with Gasteiger partial charge in [-0.1, -0.05) is 13.8 Å². The summed E-state index contributed by atoms with van der Waals surface area (Å²) >= 11 is 0. The molecule has 1 aliphatic heterocycles. The van der Waals surface area contributed by atoms with E-state index in [4.69, 9.17) is 4.74 Å². The number of aromatic nitrogens is 2. The van der Waals surface area contributed by atoms with Crippen LogP contribution in [0.25, 0.3) is 0 Å². The Morgan fingerprint density at radius 3 is 2.66 bits per heavy atom. The van der Waals surface area contributed by atoms with Crippen molar-refractivity contribution < 1.29 is 14.6 Å². The Morgan fingerprint density at radius 1 is 1.28 bits per heavy atom. The van der Waals surface area contributed by atoms with Gasteiger partial charge in [0.15, 0.2) is 0 Å². The van der Waals surface area contributed by atoms with E-state index in [9.17, 15) is 9.90 Å². The average Bonchev–Trinajstić information content (AvgIpc) is 3.16. The zero-order valence-corrected chi connectivity index (χ0v) is 17.4. The van der Waals surface area contributed by atoms with Gasteiger partial charge >= 0.3 is 0 Å². The summed E-state index contributed by atoms with van der Waals surface area (Å²) in [6, 6.07) is 0.390. The molecule has 1 aromatic heterocycles. The minimum atomic E-state index is -0.485. The van der Waals surface area contributed by atoms with Crippen LogP contribution < -0.4 is 10.6 Å². The van der Waals surface area contributed by atoms with Crippen molar-refractivity contribution >= 4 is 11.9 Å². The van der Waals surface area contributed by atoms with Gasteiger partial charge < -0.3 is 20.5 Å². The predicted molar refractivity (Wildman–Crippen MR) is 109 cm³/mol. The Hall–Kier alpha value is -1.73. The lowest BCUT2D eigenvalue weighted by Gasteiger charge is -2.58. The monoisotopic (exact) mass is 400 g/mol. The molecule has 1 saturated heterocycles. The van der Waals surface area contributed by atoms with Crippen LogP contribution in [-0.2, 0) is 4.74 Å². The fraction of sp³-hybridized carbons (Fsp3) is 0.773. The van der Waals surface area contributed by atoms with Crippen molar-refractivity contribution in [2.24, 2.45) is 17.8 Å². The van der Waals surface area contributed by atoms with Crippen LogP contribution in [-0.4, -0.2) is 51.9 Å². The molecule has 4 saturated carbocycles. The second-order valence-electron chi connectivity index (χ2n) is 10.0. The molecule has 1 aromatic rings. The lowest BCUT2D eigenvalue weighted by atomic mass is 9.52. The molecule has 1 amide bonds. The largest absolute Gasteiger partial charge is 0.390 e. The van der Waals surface area contributed by atoms with Crippen LogP contribution in [0.5, 0.6) is 0 Å². The van der Waals surface area contributed by atoms with Crippen molar-refractivity contribution in [1.82, 2.24) is 15.3 Å². The zero-order chi connectivity index (χ0) is 20.2. The highest BCUT2D eigenvalue weighted by atomic mass is 16.5. The minimum Gasteiger partial charge on any atom is -0.390 e. The first kappa shape index (κ1) is 19.2. The maximum atomic E-state index is 13.2. The predicted octanol–water partition coefficient (Wildman–Crippen LogP) is 2.47. The van der Waals surface area contributed by atoms with Gasteiger partial charge in [0.1, 0.15) is 0 Å². The van der Waals surface area contributed by atoms with Crippen molar-refractivity contribution in [1.29, 1.82) is 0 Å². The summed E-state index contributed by atoms with van der Waals surface area (Å²) in [4.78, 5) is 22.3. The van der Waals surface area contributed by atoms with Crippen LogP contribution in [0.2, 0.25) is 0 Å². The van der Waals surface area contributed by atoms with E-state index in [1.165, 1.54) is 0 Å². The summed E-state index contributed by atoms with van der Waals surface area (Å²) in [5.41, 5.74) is 0.864. The van der Waals surface area contributed by atoms with Crippen LogP contribution in [0.3, 0.4) is 0 Å². The molecule has 0 aromatic carbocycles. The number of nitrogens with zero attached hydrogens (tertiary/aromatic N) is 2. The summed E-state index contributed by atoms with van der Waals surface area (Å²) in [5, 5.41) is 17.4. The fourth-order valence-corrected chi connectivity index (χ4v) is 6.36. The number of hydrogen-bond donors (Lipinski definition) is 3. The third kappa shape index (κ3) is 3.63. The van der Waals surface area contributed by atoms with Crippen molar-refractivity contribution in [3.05, 3.63) is 17.5 Å². The highest BCUT2D eigenvalue weighted by Crippen LogP contribution is 2.55. The van der Waals surface area contributed by atoms with E-state index >= 15 is 0 Å². The van der Waals surface area contributed by atoms with Crippen LogP contribution in [0, 0.1) is 17.8 Å². The molecule has 4 aliphatic carbocycles. The van der Waals surface area contributed by atoms with E-state index in [-0.39, 0.29) is 23.9 Å². The van der Waals surface area contributed by atoms with Crippen LogP contribution in [0.15, 0.2) is 6.20 Å². The molecule has 7 nitrogen and oxygen atoms in total. The summed E-state index contributed by atoms with van der Waals surface area (Å²) in [7, 11) is 0. The quantitative estimate of drug-likeness (QED) is 0.703. The number of carbonyl (C=O) groups is 1. The Bertz CT molecular complexity index is 776. The molecular formula is C22H32N4O3. The number of hydrogen-bond acceptors (Lipinski definition) is 6. The van der Waals surface area contributed by atoms with Gasteiger partial charge in [-0.15, -0.1) is 0 Å². The van der Waals surface area contributed by atoms with Gasteiger partial charge in [0, 0.05) is 18.8 Å². The summed E-state index contributed by atoms with van der Waals surface area (Å²) in [6.07, 6.45) is 7.47. The second kappa shape index (κ2) is 7.20. The Labute approximate surface area is 172 Å². The molecule has 2 heterocycles. The molecule has 5 aliphatic rings. The van der Waals surface area contributed by atoms with E-state index in [1.807, 2.05) is 0 Å². The minimum absolute atomic E-state index is 0.0751. The number of amides is 1. The van der Waals surface area contributed by atoms with Crippen LogP contribution in [0.1, 0.15) is 74.3 Å². The van der Waals surface area contributed by atoms with E-state index < -0.39 is 5.60 Å². The van der Waals surface area contributed by atoms with Gasteiger partial charge in [-0.2, -0.15) is 0 Å². The Kier molecular flexibility index (Phi) is 4.78. The molecule has 29 heavy (non-hydrogen) atoms. The van der Waals surface area contributed by atoms with E-state index in [1.54, 1.807) is 6.20 Å². The molecule has 3 atom stereocenters. The van der Waals surface area contributed by atoms with Crippen LogP contribution in [0.4, 0.5) is 5.95 Å². The summed E-state index contributed by atoms with van der Waals surface area (Å²) in [6.45, 7) is 5.54. The van der Waals surface area contributed by atoms with Crippen molar-refractivity contribution in [3.8, 4) is 0 Å². The Morgan fingerprint density at radius 2 is 2.03 bits per heavy atom. The first-order chi connectivity index (χ1) is 13.9. The molecule has 0 spiro atoms. The van der Waals surface area contributed by atoms with Crippen molar-refractivity contribution in [2.45, 2.75) is 76.0 Å². The molecule has 158 valence electrons. The molecule has 0 radical (unpaired) electrons. The third-order valence-corrected chi connectivity index (χ3v) is 7.41. The second-order valence-corrected chi connectivity index (χ2v) is 10.0. The normalized spacial score (nSPS) is 37.9. The van der Waals surface area contributed by atoms with Crippen molar-refractivity contribution in [3.63, 3.8) is 0 Å². The Balaban J connectivity index is 1.33. The molecule has 6 rings (SSSR count). The molecule has 3 N–H and O–H groups in total. The van der Waals surface area contributed by atoms with Crippen molar-refractivity contribution in [2.75, 3.05) is 18.5 Å². The summed E-state index contributed by atoms with van der Waals surface area (Å²) in [5.74, 6) is 2.03. The van der Waals surface area contributed by atoms with Gasteiger partial charge in [0.05, 0.1) is 29.5 Å². The van der Waals surface area contributed by atoms with Gasteiger partial charge in [0.25, 0.3) is 5.91 Å². The number of rotatable bonds is 5. The number of anilines is 1. The SMILES string of the molecule is CC(C)c1nc(N[C@@H]2CCOC2)ncc1C(=O)NC1C2CC3CC1CC(O)(C3)C2. The topological polar surface area (TPSA) is 96.4 Å². The standard InChI is InChI=1S/C22H32N4O3/c1-12(2)18-17(10-23-21(26-18)24-16-3-4-29-11-16)20(27)25-19-14-5-13-6-15(19)9-22(28,7-13)8-14/h10,12-16,19,28H,3-9,11H2,1-2H3,(H,25,27)(H,23,24,26)/t13?,14?,15?,16-,19?,22?/m1/s1. The van der Waals surface area contributed by atoms with Gasteiger partial charge in [-0.05, 0) is 62.2 Å². The van der Waals surface area contributed by atoms with E-state index in [2.05, 4.69) is 34.4 Å². The number of nitrogens with one attached hydrogen (secondary N) is 2. The lowest BCUT2D eigenvalue weighted by Crippen LogP contribution is -2.61. The first-order valence-corrected chi connectivity index (χ1v) is 11.1. The highest BCUT2D eigenvalue weighted by molar-refractivity contribution is 5.95. The maximum absolute atomic E-state index is 13.2. The third-order valence-electron chi connectivity index (χ3n) is 7.41.